The average Bonchev–Trinajstić information content (AvgIpc) is 2.20. The van der Waals surface area contributed by atoms with Gasteiger partial charge in [0.15, 0.2) is 5.78 Å². The van der Waals surface area contributed by atoms with Gasteiger partial charge in [0.2, 0.25) is 0 Å². The Morgan fingerprint density at radius 3 is 2.47 bits per heavy atom. The Kier molecular flexibility index (Phi) is 4.17. The largest absolute Gasteiger partial charge is 0.397 e. The van der Waals surface area contributed by atoms with Gasteiger partial charge >= 0.3 is 0 Å². The van der Waals surface area contributed by atoms with E-state index in [0.717, 1.165) is 5.56 Å². The van der Waals surface area contributed by atoms with Crippen LogP contribution in [0.25, 0.3) is 0 Å². The van der Waals surface area contributed by atoms with Crippen LogP contribution < -0.4 is 11.1 Å². The summed E-state index contributed by atoms with van der Waals surface area (Å²) in [6.45, 7) is 8.18. The predicted molar refractivity (Wildman–Crippen MR) is 72.7 cm³/mol. The van der Waals surface area contributed by atoms with E-state index in [1.54, 1.807) is 12.1 Å². The van der Waals surface area contributed by atoms with Crippen LogP contribution in [0.4, 0.5) is 5.69 Å². The number of hydrogen-bond donors (Lipinski definition) is 2. The summed E-state index contributed by atoms with van der Waals surface area (Å²) in [5, 5.41) is 3.58. The van der Waals surface area contributed by atoms with Crippen molar-refractivity contribution < 1.29 is 4.79 Å². The lowest BCUT2D eigenvalue weighted by molar-refractivity contribution is 0.0982. The van der Waals surface area contributed by atoms with Gasteiger partial charge in [-0.15, -0.1) is 0 Å². The molecular weight excluding hydrogens is 236 g/mol. The minimum Gasteiger partial charge on any atom is -0.397 e. The fourth-order valence-corrected chi connectivity index (χ4v) is 1.63. The standard InChI is InChI=1S/C13H19ClN2O/c1-8-5-9(6-10(14)12(8)15)11(17)7-16-13(2,3)4/h5-6,16H,7,15H2,1-4H3. The van der Waals surface area contributed by atoms with E-state index in [2.05, 4.69) is 5.32 Å². The third-order valence-corrected chi connectivity index (χ3v) is 2.75. The molecule has 1 rings (SSSR count). The topological polar surface area (TPSA) is 55.1 Å². The molecule has 3 nitrogen and oxygen atoms in total. The van der Waals surface area contributed by atoms with Crippen molar-refractivity contribution in [2.45, 2.75) is 33.2 Å². The highest BCUT2D eigenvalue weighted by atomic mass is 35.5. The third-order valence-electron chi connectivity index (χ3n) is 2.44. The molecule has 3 N–H and O–H groups in total. The number of anilines is 1. The van der Waals surface area contributed by atoms with Crippen LogP contribution in [0.15, 0.2) is 12.1 Å². The Bertz CT molecular complexity index is 413. The van der Waals surface area contributed by atoms with E-state index in [0.29, 0.717) is 22.8 Å². The summed E-state index contributed by atoms with van der Waals surface area (Å²) in [7, 11) is 0. The van der Waals surface area contributed by atoms with Crippen LogP contribution in [0.3, 0.4) is 0 Å². The van der Waals surface area contributed by atoms with Crippen LogP contribution in [-0.4, -0.2) is 17.9 Å². The van der Waals surface area contributed by atoms with E-state index >= 15 is 0 Å². The van der Waals surface area contributed by atoms with Crippen molar-refractivity contribution in [1.82, 2.24) is 5.32 Å². The molecule has 0 fully saturated rings. The van der Waals surface area contributed by atoms with Gasteiger partial charge in [-0.25, -0.2) is 0 Å². The molecule has 0 atom stereocenters. The molecule has 1 aromatic carbocycles. The zero-order chi connectivity index (χ0) is 13.2. The van der Waals surface area contributed by atoms with Gasteiger partial charge in [0, 0.05) is 11.1 Å². The van der Waals surface area contributed by atoms with Crippen LogP contribution in [0.1, 0.15) is 36.7 Å². The van der Waals surface area contributed by atoms with Crippen molar-refractivity contribution in [2.24, 2.45) is 0 Å². The molecule has 0 heterocycles. The van der Waals surface area contributed by atoms with Gasteiger partial charge in [-0.3, -0.25) is 4.79 Å². The van der Waals surface area contributed by atoms with Gasteiger partial charge in [-0.1, -0.05) is 11.6 Å². The molecule has 0 saturated carbocycles. The molecular formula is C13H19ClN2O. The number of rotatable bonds is 3. The number of benzene rings is 1. The fraction of sp³-hybridized carbons (Fsp3) is 0.462. The first kappa shape index (κ1) is 14.0. The number of halogens is 1. The molecule has 4 heteroatoms. The number of aryl methyl sites for hydroxylation is 1. The SMILES string of the molecule is Cc1cc(C(=O)CNC(C)(C)C)cc(Cl)c1N. The molecule has 0 unspecified atom stereocenters. The summed E-state index contributed by atoms with van der Waals surface area (Å²) in [6, 6.07) is 3.39. The van der Waals surface area contributed by atoms with E-state index in [4.69, 9.17) is 17.3 Å². The second-order valence-corrected chi connectivity index (χ2v) is 5.62. The third kappa shape index (κ3) is 4.02. The van der Waals surface area contributed by atoms with Crippen LogP contribution in [0, 0.1) is 6.92 Å². The summed E-state index contributed by atoms with van der Waals surface area (Å²) in [6.07, 6.45) is 0. The highest BCUT2D eigenvalue weighted by Gasteiger charge is 2.14. The maximum absolute atomic E-state index is 11.9. The molecule has 0 radical (unpaired) electrons. The maximum Gasteiger partial charge on any atom is 0.176 e. The van der Waals surface area contributed by atoms with E-state index < -0.39 is 0 Å². The quantitative estimate of drug-likeness (QED) is 0.644. The summed E-state index contributed by atoms with van der Waals surface area (Å²) < 4.78 is 0. The highest BCUT2D eigenvalue weighted by molar-refractivity contribution is 6.33. The van der Waals surface area contributed by atoms with Gasteiger partial charge < -0.3 is 11.1 Å². The first-order valence-electron chi connectivity index (χ1n) is 5.54. The van der Waals surface area contributed by atoms with Crippen molar-refractivity contribution in [3.63, 3.8) is 0 Å². The Balaban J connectivity index is 2.84. The monoisotopic (exact) mass is 254 g/mol. The lowest BCUT2D eigenvalue weighted by atomic mass is 10.0. The van der Waals surface area contributed by atoms with Gasteiger partial charge in [-0.05, 0) is 45.4 Å². The molecule has 0 amide bonds. The molecule has 0 aliphatic carbocycles. The summed E-state index contributed by atoms with van der Waals surface area (Å²) >= 11 is 5.96. The van der Waals surface area contributed by atoms with Crippen molar-refractivity contribution in [2.75, 3.05) is 12.3 Å². The number of ketones is 1. The number of Topliss-reactive ketones (excluding diaryl/α,β-unsaturated/α-hetero) is 1. The van der Waals surface area contributed by atoms with Crippen molar-refractivity contribution in [3.8, 4) is 0 Å². The van der Waals surface area contributed by atoms with Crippen LogP contribution in [0.2, 0.25) is 5.02 Å². The lowest BCUT2D eigenvalue weighted by Crippen LogP contribution is -2.39. The van der Waals surface area contributed by atoms with E-state index in [1.165, 1.54) is 0 Å². The second kappa shape index (κ2) is 5.07. The smallest absolute Gasteiger partial charge is 0.176 e. The molecule has 0 aliphatic heterocycles. The van der Waals surface area contributed by atoms with Crippen LogP contribution >= 0.6 is 11.6 Å². The Morgan fingerprint density at radius 1 is 1.41 bits per heavy atom. The molecule has 17 heavy (non-hydrogen) atoms. The van der Waals surface area contributed by atoms with Crippen molar-refractivity contribution in [1.29, 1.82) is 0 Å². The highest BCUT2D eigenvalue weighted by Crippen LogP contribution is 2.24. The summed E-state index contributed by atoms with van der Waals surface area (Å²) in [5.41, 5.74) is 7.61. The van der Waals surface area contributed by atoms with Gasteiger partial charge in [0.1, 0.15) is 0 Å². The number of nitrogens with one attached hydrogen (secondary N) is 1. The maximum atomic E-state index is 11.9. The molecule has 0 bridgehead atoms. The number of nitrogens with two attached hydrogens (primary N) is 1. The molecule has 1 aromatic rings. The van der Waals surface area contributed by atoms with Gasteiger partial charge in [0.25, 0.3) is 0 Å². The molecule has 0 saturated heterocycles. The Labute approximate surface area is 107 Å². The van der Waals surface area contributed by atoms with E-state index in [-0.39, 0.29) is 11.3 Å². The minimum atomic E-state index is -0.0810. The number of hydrogen-bond acceptors (Lipinski definition) is 3. The Morgan fingerprint density at radius 2 is 2.00 bits per heavy atom. The Hall–Kier alpha value is -1.06. The zero-order valence-electron chi connectivity index (χ0n) is 10.7. The van der Waals surface area contributed by atoms with E-state index in [9.17, 15) is 4.79 Å². The minimum absolute atomic E-state index is 0.0184. The molecule has 0 aromatic heterocycles. The first-order valence-corrected chi connectivity index (χ1v) is 5.92. The molecule has 94 valence electrons. The molecule has 0 spiro atoms. The van der Waals surface area contributed by atoms with Crippen LogP contribution in [0.5, 0.6) is 0 Å². The zero-order valence-corrected chi connectivity index (χ0v) is 11.5. The van der Waals surface area contributed by atoms with E-state index in [1.807, 2.05) is 27.7 Å². The lowest BCUT2D eigenvalue weighted by Gasteiger charge is -2.20. The predicted octanol–water partition coefficient (Wildman–Crippen LogP) is 2.80. The number of carbonyl (C=O) groups is 1. The van der Waals surface area contributed by atoms with Crippen molar-refractivity contribution >= 4 is 23.1 Å². The number of nitrogen functional groups attached to an aromatic ring is 1. The van der Waals surface area contributed by atoms with Crippen LogP contribution in [-0.2, 0) is 0 Å². The molecule has 0 aliphatic rings. The van der Waals surface area contributed by atoms with Crippen molar-refractivity contribution in [3.05, 3.63) is 28.3 Å². The van der Waals surface area contributed by atoms with Gasteiger partial charge in [-0.2, -0.15) is 0 Å². The number of carbonyl (C=O) groups excluding carboxylic acids is 1. The fourth-order valence-electron chi connectivity index (χ4n) is 1.36. The second-order valence-electron chi connectivity index (χ2n) is 5.22. The van der Waals surface area contributed by atoms with Gasteiger partial charge in [0.05, 0.1) is 17.3 Å². The summed E-state index contributed by atoms with van der Waals surface area (Å²) in [4.78, 5) is 11.9. The first-order chi connectivity index (χ1) is 7.70. The normalized spacial score (nSPS) is 11.6. The summed E-state index contributed by atoms with van der Waals surface area (Å²) in [5.74, 6) is 0.0184. The average molecular weight is 255 g/mol.